The fraction of sp³-hybridized carbons (Fsp3) is 0.111. The van der Waals surface area contributed by atoms with Gasteiger partial charge in [0, 0.05) is 11.1 Å². The summed E-state index contributed by atoms with van der Waals surface area (Å²) < 4.78 is 17.6. The first-order valence-electron chi connectivity index (χ1n) is 8.27. The van der Waals surface area contributed by atoms with Gasteiger partial charge in [-0.05, 0) is 36.4 Å². The quantitative estimate of drug-likeness (QED) is 0.567. The standard InChI is InChI=1S/C18H13N5O4S/c1-25-13-4-3-11(17-22-23-8-19-21-18(23)28-17)6-12(13)20-16(24)10-2-5-14-15(7-10)27-9-26-14/h2-8H,9H2,1H3,(H,20,24). The van der Waals surface area contributed by atoms with Crippen LogP contribution in [0, 0.1) is 0 Å². The summed E-state index contributed by atoms with van der Waals surface area (Å²) in [7, 11) is 1.55. The summed E-state index contributed by atoms with van der Waals surface area (Å²) in [6, 6.07) is 10.5. The Morgan fingerprint density at radius 3 is 2.96 bits per heavy atom. The first-order chi connectivity index (χ1) is 13.7. The van der Waals surface area contributed by atoms with E-state index in [2.05, 4.69) is 20.6 Å². The second-order valence-electron chi connectivity index (χ2n) is 5.90. The highest BCUT2D eigenvalue weighted by Gasteiger charge is 2.18. The van der Waals surface area contributed by atoms with Crippen molar-refractivity contribution in [1.82, 2.24) is 19.8 Å². The average molecular weight is 395 g/mol. The molecule has 2 aromatic heterocycles. The van der Waals surface area contributed by atoms with Gasteiger partial charge in [0.2, 0.25) is 11.8 Å². The Morgan fingerprint density at radius 2 is 2.11 bits per heavy atom. The molecule has 0 bridgehead atoms. The lowest BCUT2D eigenvalue weighted by atomic mass is 10.1. The van der Waals surface area contributed by atoms with Crippen LogP contribution in [-0.2, 0) is 0 Å². The molecule has 0 fully saturated rings. The van der Waals surface area contributed by atoms with Crippen LogP contribution in [0.15, 0.2) is 42.7 Å². The summed E-state index contributed by atoms with van der Waals surface area (Å²) in [5.41, 5.74) is 1.82. The first-order valence-corrected chi connectivity index (χ1v) is 9.09. The van der Waals surface area contributed by atoms with Crippen LogP contribution < -0.4 is 19.5 Å². The molecule has 1 aliphatic rings. The van der Waals surface area contributed by atoms with Crippen molar-refractivity contribution in [2.24, 2.45) is 0 Å². The molecule has 140 valence electrons. The molecular formula is C18H13N5O4S. The zero-order chi connectivity index (χ0) is 19.1. The van der Waals surface area contributed by atoms with Gasteiger partial charge in [-0.25, -0.2) is 0 Å². The molecule has 1 N–H and O–H groups in total. The van der Waals surface area contributed by atoms with Crippen molar-refractivity contribution in [3.8, 4) is 27.8 Å². The predicted molar refractivity (Wildman–Crippen MR) is 101 cm³/mol. The predicted octanol–water partition coefficient (Wildman–Crippen LogP) is 2.84. The zero-order valence-electron chi connectivity index (χ0n) is 14.6. The second kappa shape index (κ2) is 6.50. The maximum Gasteiger partial charge on any atom is 0.255 e. The Bertz CT molecular complexity index is 1170. The summed E-state index contributed by atoms with van der Waals surface area (Å²) in [5.74, 6) is 1.43. The normalized spacial score (nSPS) is 12.3. The van der Waals surface area contributed by atoms with Gasteiger partial charge in [-0.3, -0.25) is 4.79 Å². The van der Waals surface area contributed by atoms with E-state index in [9.17, 15) is 4.79 Å². The number of benzene rings is 2. The number of anilines is 1. The molecule has 0 aliphatic carbocycles. The van der Waals surface area contributed by atoms with E-state index in [0.29, 0.717) is 33.5 Å². The van der Waals surface area contributed by atoms with E-state index in [-0.39, 0.29) is 12.7 Å². The molecule has 3 heterocycles. The number of methoxy groups -OCH3 is 1. The Labute approximate surface area is 162 Å². The molecule has 1 aliphatic heterocycles. The van der Waals surface area contributed by atoms with E-state index in [1.54, 1.807) is 42.2 Å². The number of hydrogen-bond donors (Lipinski definition) is 1. The molecule has 0 atom stereocenters. The molecule has 5 rings (SSSR count). The lowest BCUT2D eigenvalue weighted by molar-refractivity contribution is 0.102. The highest BCUT2D eigenvalue weighted by atomic mass is 32.1. The molecule has 4 aromatic rings. The van der Waals surface area contributed by atoms with E-state index in [1.165, 1.54) is 11.3 Å². The van der Waals surface area contributed by atoms with Crippen molar-refractivity contribution in [2.45, 2.75) is 0 Å². The van der Waals surface area contributed by atoms with Gasteiger partial charge in [-0.1, -0.05) is 11.3 Å². The van der Waals surface area contributed by atoms with Crippen molar-refractivity contribution < 1.29 is 19.0 Å². The second-order valence-corrected chi connectivity index (χ2v) is 6.86. The molecule has 0 radical (unpaired) electrons. The average Bonchev–Trinajstić information content (AvgIpc) is 3.43. The van der Waals surface area contributed by atoms with E-state index in [0.717, 1.165) is 10.6 Å². The fourth-order valence-electron chi connectivity index (χ4n) is 2.85. The van der Waals surface area contributed by atoms with Crippen LogP contribution in [0.3, 0.4) is 0 Å². The Morgan fingerprint density at radius 1 is 1.21 bits per heavy atom. The minimum absolute atomic E-state index is 0.156. The third kappa shape index (κ3) is 2.79. The third-order valence-electron chi connectivity index (χ3n) is 4.22. The van der Waals surface area contributed by atoms with E-state index >= 15 is 0 Å². The Kier molecular flexibility index (Phi) is 3.83. The number of nitrogens with one attached hydrogen (secondary N) is 1. The SMILES string of the molecule is COc1ccc(-c2nn3cnnc3s2)cc1NC(=O)c1ccc2c(c1)OCO2. The number of ether oxygens (including phenoxy) is 3. The Hall–Kier alpha value is -3.66. The summed E-state index contributed by atoms with van der Waals surface area (Å²) >= 11 is 1.40. The number of fused-ring (bicyclic) bond motifs is 2. The number of carbonyl (C=O) groups excluding carboxylic acids is 1. The molecule has 0 saturated heterocycles. The number of rotatable bonds is 4. The molecule has 1 amide bonds. The monoisotopic (exact) mass is 395 g/mol. The van der Waals surface area contributed by atoms with Gasteiger partial charge < -0.3 is 19.5 Å². The van der Waals surface area contributed by atoms with Crippen LogP contribution in [0.4, 0.5) is 5.69 Å². The van der Waals surface area contributed by atoms with Crippen molar-refractivity contribution in [3.63, 3.8) is 0 Å². The van der Waals surface area contributed by atoms with Crippen LogP contribution in [0.5, 0.6) is 17.2 Å². The van der Waals surface area contributed by atoms with Gasteiger partial charge in [0.1, 0.15) is 17.1 Å². The van der Waals surface area contributed by atoms with Crippen molar-refractivity contribution in [2.75, 3.05) is 19.2 Å². The number of nitrogens with zero attached hydrogens (tertiary/aromatic N) is 4. The minimum Gasteiger partial charge on any atom is -0.495 e. The number of carbonyl (C=O) groups is 1. The van der Waals surface area contributed by atoms with Crippen molar-refractivity contribution >= 4 is 27.9 Å². The smallest absolute Gasteiger partial charge is 0.255 e. The molecule has 0 saturated carbocycles. The number of amides is 1. The molecule has 0 unspecified atom stereocenters. The van der Waals surface area contributed by atoms with E-state index in [1.807, 2.05) is 12.1 Å². The van der Waals surface area contributed by atoms with Gasteiger partial charge in [0.05, 0.1) is 12.8 Å². The van der Waals surface area contributed by atoms with Crippen LogP contribution in [0.2, 0.25) is 0 Å². The highest BCUT2D eigenvalue weighted by Crippen LogP contribution is 2.35. The maximum absolute atomic E-state index is 12.7. The van der Waals surface area contributed by atoms with Crippen LogP contribution in [0.1, 0.15) is 10.4 Å². The minimum atomic E-state index is -0.285. The molecule has 9 nitrogen and oxygen atoms in total. The summed E-state index contributed by atoms with van der Waals surface area (Å²) in [6.07, 6.45) is 1.54. The highest BCUT2D eigenvalue weighted by molar-refractivity contribution is 7.19. The summed E-state index contributed by atoms with van der Waals surface area (Å²) in [5, 5.41) is 15.9. The van der Waals surface area contributed by atoms with Gasteiger partial charge in [0.25, 0.3) is 5.91 Å². The van der Waals surface area contributed by atoms with E-state index < -0.39 is 0 Å². The van der Waals surface area contributed by atoms with Gasteiger partial charge in [0.15, 0.2) is 11.5 Å². The number of hydrogen-bond acceptors (Lipinski definition) is 8. The van der Waals surface area contributed by atoms with Gasteiger partial charge in [-0.2, -0.15) is 9.61 Å². The fourth-order valence-corrected chi connectivity index (χ4v) is 3.66. The van der Waals surface area contributed by atoms with Crippen LogP contribution in [0.25, 0.3) is 15.5 Å². The summed E-state index contributed by atoms with van der Waals surface area (Å²) in [6.45, 7) is 0.156. The first kappa shape index (κ1) is 16.5. The molecule has 0 spiro atoms. The van der Waals surface area contributed by atoms with Crippen LogP contribution >= 0.6 is 11.3 Å². The molecule has 28 heavy (non-hydrogen) atoms. The maximum atomic E-state index is 12.7. The van der Waals surface area contributed by atoms with Crippen LogP contribution in [-0.4, -0.2) is 39.6 Å². The lowest BCUT2D eigenvalue weighted by Gasteiger charge is -2.11. The van der Waals surface area contributed by atoms with Gasteiger partial charge in [-0.15, -0.1) is 10.2 Å². The summed E-state index contributed by atoms with van der Waals surface area (Å²) in [4.78, 5) is 13.4. The lowest BCUT2D eigenvalue weighted by Crippen LogP contribution is -2.12. The zero-order valence-corrected chi connectivity index (χ0v) is 15.4. The molecular weight excluding hydrogens is 382 g/mol. The molecule has 10 heteroatoms. The van der Waals surface area contributed by atoms with Crippen molar-refractivity contribution in [3.05, 3.63) is 48.3 Å². The Balaban J connectivity index is 1.46. The number of aromatic nitrogens is 4. The molecule has 2 aromatic carbocycles. The largest absolute Gasteiger partial charge is 0.495 e. The topological polar surface area (TPSA) is 99.9 Å². The van der Waals surface area contributed by atoms with E-state index in [4.69, 9.17) is 14.2 Å². The third-order valence-corrected chi connectivity index (χ3v) is 5.18. The van der Waals surface area contributed by atoms with Gasteiger partial charge >= 0.3 is 0 Å². The van der Waals surface area contributed by atoms with Crippen molar-refractivity contribution in [1.29, 1.82) is 0 Å².